The number of hydrogen-bond donors (Lipinski definition) is 3. The van der Waals surface area contributed by atoms with Gasteiger partial charge in [-0.2, -0.15) is 10.1 Å². The molecular formula is C19H17N7O. The highest BCUT2D eigenvalue weighted by Crippen LogP contribution is 2.22. The summed E-state index contributed by atoms with van der Waals surface area (Å²) < 4.78 is 5.22. The lowest BCUT2D eigenvalue weighted by Crippen LogP contribution is -2.03. The molecule has 8 nitrogen and oxygen atoms in total. The Balaban J connectivity index is 1.49. The number of ether oxygens (including phenoxy) is 1. The second kappa shape index (κ2) is 7.52. The van der Waals surface area contributed by atoms with Gasteiger partial charge in [0.25, 0.3) is 0 Å². The topological polar surface area (TPSA) is 101 Å². The van der Waals surface area contributed by atoms with Crippen LogP contribution in [0.1, 0.15) is 0 Å². The van der Waals surface area contributed by atoms with Gasteiger partial charge in [0.15, 0.2) is 5.82 Å². The highest BCUT2D eigenvalue weighted by Gasteiger charge is 2.07. The van der Waals surface area contributed by atoms with Gasteiger partial charge in [0.05, 0.1) is 12.8 Å². The molecule has 3 N–H and O–H groups in total. The van der Waals surface area contributed by atoms with Crippen molar-refractivity contribution in [2.45, 2.75) is 0 Å². The average Bonchev–Trinajstić information content (AvgIpc) is 3.17. The van der Waals surface area contributed by atoms with E-state index in [0.29, 0.717) is 17.7 Å². The smallest absolute Gasteiger partial charge is 0.233 e. The van der Waals surface area contributed by atoms with E-state index in [2.05, 4.69) is 35.8 Å². The van der Waals surface area contributed by atoms with Crippen LogP contribution in [0, 0.1) is 0 Å². The molecule has 0 amide bonds. The fourth-order valence-corrected chi connectivity index (χ4v) is 2.51. The maximum Gasteiger partial charge on any atom is 0.233 e. The van der Waals surface area contributed by atoms with Crippen LogP contribution >= 0.6 is 0 Å². The third kappa shape index (κ3) is 4.01. The molecule has 0 aliphatic heterocycles. The van der Waals surface area contributed by atoms with Gasteiger partial charge in [0, 0.05) is 17.8 Å². The fraction of sp³-hybridized carbons (Fsp3) is 0.0526. The van der Waals surface area contributed by atoms with E-state index in [4.69, 9.17) is 4.74 Å². The lowest BCUT2D eigenvalue weighted by molar-refractivity contribution is 0.415. The summed E-state index contributed by atoms with van der Waals surface area (Å²) in [6.07, 6.45) is 1.43. The van der Waals surface area contributed by atoms with Crippen molar-refractivity contribution in [3.05, 3.63) is 67.0 Å². The van der Waals surface area contributed by atoms with Crippen molar-refractivity contribution in [3.8, 4) is 17.0 Å². The predicted octanol–water partition coefficient (Wildman–Crippen LogP) is 3.76. The molecule has 27 heavy (non-hydrogen) atoms. The zero-order chi connectivity index (χ0) is 18.5. The lowest BCUT2D eigenvalue weighted by atomic mass is 10.2. The second-order valence-electron chi connectivity index (χ2n) is 5.65. The Labute approximate surface area is 155 Å². The van der Waals surface area contributed by atoms with Gasteiger partial charge in [0.2, 0.25) is 11.9 Å². The standard InChI is InChI=1S/C19H17N7O/c1-27-15-9-5-8-14(10-15)22-18-20-12-21-19(24-18)23-17-11-16(25-26-17)13-6-3-2-4-7-13/h2-12H,1H3,(H3,20,21,22,23,24,25,26). The first-order valence-electron chi connectivity index (χ1n) is 8.28. The molecule has 2 aromatic carbocycles. The van der Waals surface area contributed by atoms with Gasteiger partial charge >= 0.3 is 0 Å². The minimum Gasteiger partial charge on any atom is -0.497 e. The summed E-state index contributed by atoms with van der Waals surface area (Å²) in [5.74, 6) is 2.17. The van der Waals surface area contributed by atoms with E-state index in [9.17, 15) is 0 Å². The Bertz CT molecular complexity index is 1030. The van der Waals surface area contributed by atoms with Crippen LogP contribution in [0.15, 0.2) is 67.0 Å². The Morgan fingerprint density at radius 2 is 1.70 bits per heavy atom. The molecule has 0 aliphatic rings. The van der Waals surface area contributed by atoms with Crippen molar-refractivity contribution < 1.29 is 4.74 Å². The van der Waals surface area contributed by atoms with E-state index < -0.39 is 0 Å². The monoisotopic (exact) mass is 359 g/mol. The largest absolute Gasteiger partial charge is 0.497 e. The number of H-pyrrole nitrogens is 1. The van der Waals surface area contributed by atoms with Crippen molar-refractivity contribution in [2.75, 3.05) is 17.7 Å². The van der Waals surface area contributed by atoms with Gasteiger partial charge in [-0.15, -0.1) is 0 Å². The van der Waals surface area contributed by atoms with Crippen molar-refractivity contribution in [1.29, 1.82) is 0 Å². The number of nitrogens with zero attached hydrogens (tertiary/aromatic N) is 4. The number of anilines is 4. The molecule has 0 unspecified atom stereocenters. The van der Waals surface area contributed by atoms with Gasteiger partial charge in [-0.05, 0) is 17.7 Å². The van der Waals surface area contributed by atoms with E-state index in [0.717, 1.165) is 22.7 Å². The van der Waals surface area contributed by atoms with Gasteiger partial charge in [-0.25, -0.2) is 9.97 Å². The third-order valence-electron chi connectivity index (χ3n) is 3.80. The summed E-state index contributed by atoms with van der Waals surface area (Å²) in [6.45, 7) is 0. The molecule has 134 valence electrons. The predicted molar refractivity (Wildman–Crippen MR) is 103 cm³/mol. The number of methoxy groups -OCH3 is 1. The molecule has 0 fully saturated rings. The van der Waals surface area contributed by atoms with Crippen LogP contribution in [0.3, 0.4) is 0 Å². The maximum atomic E-state index is 5.22. The normalized spacial score (nSPS) is 10.4. The van der Waals surface area contributed by atoms with Gasteiger partial charge in [-0.3, -0.25) is 5.10 Å². The first-order valence-corrected chi connectivity index (χ1v) is 8.28. The van der Waals surface area contributed by atoms with Gasteiger partial charge < -0.3 is 15.4 Å². The number of aromatic nitrogens is 5. The van der Waals surface area contributed by atoms with E-state index in [-0.39, 0.29) is 0 Å². The van der Waals surface area contributed by atoms with Gasteiger partial charge in [-0.1, -0.05) is 36.4 Å². The number of benzene rings is 2. The molecule has 0 radical (unpaired) electrons. The van der Waals surface area contributed by atoms with E-state index >= 15 is 0 Å². The van der Waals surface area contributed by atoms with Crippen LogP contribution in [-0.2, 0) is 0 Å². The van der Waals surface area contributed by atoms with Crippen LogP contribution < -0.4 is 15.4 Å². The number of rotatable bonds is 6. The molecule has 0 bridgehead atoms. The molecular weight excluding hydrogens is 342 g/mol. The van der Waals surface area contributed by atoms with Gasteiger partial charge in [0.1, 0.15) is 12.1 Å². The minimum atomic E-state index is 0.390. The molecule has 2 aromatic heterocycles. The van der Waals surface area contributed by atoms with Crippen LogP contribution in [0.5, 0.6) is 5.75 Å². The zero-order valence-corrected chi connectivity index (χ0v) is 14.5. The summed E-state index contributed by atoms with van der Waals surface area (Å²) in [7, 11) is 1.62. The maximum absolute atomic E-state index is 5.22. The summed E-state index contributed by atoms with van der Waals surface area (Å²) in [5, 5.41) is 13.4. The number of nitrogens with one attached hydrogen (secondary N) is 3. The highest BCUT2D eigenvalue weighted by atomic mass is 16.5. The van der Waals surface area contributed by atoms with E-state index in [1.54, 1.807) is 7.11 Å². The van der Waals surface area contributed by atoms with Crippen LogP contribution in [0.2, 0.25) is 0 Å². The summed E-state index contributed by atoms with van der Waals surface area (Å²) >= 11 is 0. The van der Waals surface area contributed by atoms with Crippen molar-refractivity contribution in [2.24, 2.45) is 0 Å². The first kappa shape index (κ1) is 16.5. The van der Waals surface area contributed by atoms with E-state index in [1.807, 2.05) is 60.7 Å². The summed E-state index contributed by atoms with van der Waals surface area (Å²) in [5.41, 5.74) is 2.77. The molecule has 4 rings (SSSR count). The van der Waals surface area contributed by atoms with Crippen LogP contribution in [0.25, 0.3) is 11.3 Å². The molecule has 2 heterocycles. The third-order valence-corrected chi connectivity index (χ3v) is 3.80. The number of aromatic amines is 1. The Morgan fingerprint density at radius 1 is 0.889 bits per heavy atom. The molecule has 0 spiro atoms. The highest BCUT2D eigenvalue weighted by molar-refractivity contribution is 5.64. The molecule has 8 heteroatoms. The Kier molecular flexibility index (Phi) is 4.60. The lowest BCUT2D eigenvalue weighted by Gasteiger charge is -2.07. The second-order valence-corrected chi connectivity index (χ2v) is 5.65. The number of hydrogen-bond acceptors (Lipinski definition) is 7. The SMILES string of the molecule is COc1cccc(Nc2ncnc(Nc3cc(-c4ccccc4)[nH]n3)n2)c1. The van der Waals surface area contributed by atoms with Crippen molar-refractivity contribution >= 4 is 23.4 Å². The quantitative estimate of drug-likeness (QED) is 0.482. The molecule has 0 atom stereocenters. The Hall–Kier alpha value is -3.94. The van der Waals surface area contributed by atoms with Crippen LogP contribution in [0.4, 0.5) is 23.4 Å². The minimum absolute atomic E-state index is 0.390. The van der Waals surface area contributed by atoms with Crippen molar-refractivity contribution in [3.63, 3.8) is 0 Å². The molecule has 0 saturated heterocycles. The molecule has 4 aromatic rings. The fourth-order valence-electron chi connectivity index (χ4n) is 2.51. The van der Waals surface area contributed by atoms with E-state index in [1.165, 1.54) is 6.33 Å². The van der Waals surface area contributed by atoms with Crippen LogP contribution in [-0.4, -0.2) is 32.3 Å². The summed E-state index contributed by atoms with van der Waals surface area (Å²) in [6, 6.07) is 19.4. The summed E-state index contributed by atoms with van der Waals surface area (Å²) in [4.78, 5) is 12.6. The zero-order valence-electron chi connectivity index (χ0n) is 14.5. The Morgan fingerprint density at radius 3 is 2.52 bits per heavy atom. The average molecular weight is 359 g/mol. The molecule has 0 saturated carbocycles. The first-order chi connectivity index (χ1) is 13.3. The van der Waals surface area contributed by atoms with Crippen molar-refractivity contribution in [1.82, 2.24) is 25.1 Å². The molecule has 0 aliphatic carbocycles.